The normalized spacial score (nSPS) is 24.0. The van der Waals surface area contributed by atoms with Crippen LogP contribution in [0.1, 0.15) is 144 Å². The lowest BCUT2D eigenvalue weighted by atomic mass is 9.62. The van der Waals surface area contributed by atoms with Crippen molar-refractivity contribution in [2.24, 2.45) is 27.7 Å². The van der Waals surface area contributed by atoms with Crippen LogP contribution in [0.5, 0.6) is 0 Å². The molecule has 2 aliphatic carbocycles. The predicted molar refractivity (Wildman–Crippen MR) is 350 cm³/mol. The topological polar surface area (TPSA) is 210 Å². The van der Waals surface area contributed by atoms with Crippen LogP contribution in [0, 0.1) is 22.7 Å². The zero-order valence-corrected chi connectivity index (χ0v) is 55.1. The number of benzene rings is 1. The number of likely N-dealkylation sites (tertiary alicyclic amines) is 2. The molecule has 4 saturated heterocycles. The first-order valence-corrected chi connectivity index (χ1v) is 33.2. The Hall–Kier alpha value is -4.57. The molecule has 8 N–H and O–H groups in total. The third-order valence-corrected chi connectivity index (χ3v) is 20.6. The third-order valence-electron chi connectivity index (χ3n) is 20.6. The molecule has 88 heavy (non-hydrogen) atoms. The summed E-state index contributed by atoms with van der Waals surface area (Å²) in [6, 6.07) is 6.28. The van der Waals surface area contributed by atoms with E-state index in [1.54, 1.807) is 19.4 Å². The molecule has 1 aromatic carbocycles. The van der Waals surface area contributed by atoms with Crippen molar-refractivity contribution in [2.75, 3.05) is 104 Å². The van der Waals surface area contributed by atoms with E-state index >= 15 is 0 Å². The molecular formula is C69H110N10O9. The molecule has 7 aliphatic rings. The van der Waals surface area contributed by atoms with Crippen LogP contribution >= 0.6 is 0 Å². The third kappa shape index (κ3) is 14.5. The van der Waals surface area contributed by atoms with Crippen molar-refractivity contribution < 1.29 is 44.8 Å². The smallest absolute Gasteiger partial charge is 0.355 e. The van der Waals surface area contributed by atoms with Gasteiger partial charge in [-0.1, -0.05) is 79.9 Å². The van der Waals surface area contributed by atoms with Crippen LogP contribution < -0.4 is 15.6 Å². The maximum atomic E-state index is 12.2. The van der Waals surface area contributed by atoms with Gasteiger partial charge in [-0.15, -0.1) is 0 Å². The van der Waals surface area contributed by atoms with E-state index in [0.29, 0.717) is 72.2 Å². The van der Waals surface area contributed by atoms with Crippen LogP contribution in [0.4, 0.5) is 5.69 Å². The Balaban J connectivity index is 1.16. The number of aliphatic imine (C=N–C) groups is 1. The number of methoxy groups -OCH3 is 1. The fraction of sp³-hybridized carbons (Fsp3) is 0.710. The van der Waals surface area contributed by atoms with E-state index in [0.717, 1.165) is 93.0 Å². The monoisotopic (exact) mass is 1220 g/mol. The first kappa shape index (κ1) is 67.8. The number of aliphatic hydroxyl groups excluding tert-OH is 1. The zero-order chi connectivity index (χ0) is 63.5. The highest BCUT2D eigenvalue weighted by molar-refractivity contribution is 5.96. The van der Waals surface area contributed by atoms with Crippen LogP contribution in [0.25, 0.3) is 16.5 Å². The molecule has 0 radical (unpaired) electrons. The maximum Gasteiger partial charge on any atom is 0.355 e. The van der Waals surface area contributed by atoms with E-state index in [-0.39, 0.29) is 78.9 Å². The van der Waals surface area contributed by atoms with E-state index in [1.807, 2.05) is 39.0 Å². The number of hydrazine groups is 1. The van der Waals surface area contributed by atoms with Crippen molar-refractivity contribution >= 4 is 28.4 Å². The summed E-state index contributed by atoms with van der Waals surface area (Å²) in [5.74, 6) is -7.54. The summed E-state index contributed by atoms with van der Waals surface area (Å²) in [5.41, 5.74) is 12.0. The molecular weight excluding hydrogens is 1110 g/mol. The van der Waals surface area contributed by atoms with Crippen LogP contribution in [-0.2, 0) is 26.5 Å². The number of morpholine rings is 1. The van der Waals surface area contributed by atoms with E-state index < -0.39 is 23.4 Å². The maximum absolute atomic E-state index is 12.2. The molecule has 490 valence electrons. The molecule has 1 aromatic heterocycles. The molecule has 6 fully saturated rings. The van der Waals surface area contributed by atoms with Crippen molar-refractivity contribution in [3.8, 4) is 0 Å². The van der Waals surface area contributed by atoms with Gasteiger partial charge in [0.15, 0.2) is 0 Å². The van der Waals surface area contributed by atoms with Gasteiger partial charge in [0.05, 0.1) is 67.9 Å². The lowest BCUT2D eigenvalue weighted by Gasteiger charge is -2.61. The number of nitrogens with zero attached hydrogens (tertiary/aromatic N) is 8. The molecule has 2 saturated carbocycles. The molecule has 9 rings (SSSR count). The lowest BCUT2D eigenvalue weighted by molar-refractivity contribution is -0.479. The first-order valence-electron chi connectivity index (χ1n) is 33.2. The predicted octanol–water partition coefficient (Wildman–Crippen LogP) is 7.20. The number of nitrogens with one attached hydrogen (secondary N) is 2. The number of hydrogen-bond acceptors (Lipinski definition) is 18. The van der Waals surface area contributed by atoms with E-state index in [1.165, 1.54) is 44.8 Å². The average molecular weight is 1220 g/mol. The van der Waals surface area contributed by atoms with Gasteiger partial charge in [0.1, 0.15) is 11.8 Å². The summed E-state index contributed by atoms with van der Waals surface area (Å²) in [7, 11) is 1.57. The Morgan fingerprint density at radius 2 is 1.70 bits per heavy atom. The largest absolute Gasteiger partial charge is 0.501 e. The van der Waals surface area contributed by atoms with Gasteiger partial charge in [0, 0.05) is 117 Å². The molecule has 0 amide bonds. The second-order valence-electron chi connectivity index (χ2n) is 28.6. The minimum atomic E-state index is -4.06. The zero-order valence-electron chi connectivity index (χ0n) is 55.1. The molecule has 19 heteroatoms. The average Bonchev–Trinajstić information content (AvgIpc) is 1.73. The number of aliphatic hydroxyl groups is 6. The van der Waals surface area contributed by atoms with Crippen LogP contribution in [0.2, 0.25) is 0 Å². The van der Waals surface area contributed by atoms with Gasteiger partial charge in [-0.05, 0) is 145 Å². The Morgan fingerprint density at radius 3 is 2.31 bits per heavy atom. The van der Waals surface area contributed by atoms with Gasteiger partial charge >= 0.3 is 11.9 Å². The quantitative estimate of drug-likeness (QED) is 0.0213. The summed E-state index contributed by atoms with van der Waals surface area (Å²) in [6.07, 6.45) is 17.8. The van der Waals surface area contributed by atoms with E-state index in [9.17, 15) is 30.6 Å². The van der Waals surface area contributed by atoms with Crippen molar-refractivity contribution in [3.05, 3.63) is 90.1 Å². The number of fused-ring (bicyclic) bond motifs is 1. The molecule has 2 aromatic rings. The van der Waals surface area contributed by atoms with Crippen molar-refractivity contribution in [1.82, 2.24) is 39.9 Å². The Morgan fingerprint density at radius 1 is 0.977 bits per heavy atom. The Labute approximate surface area is 525 Å². The Kier molecular flexibility index (Phi) is 21.7. The highest BCUT2D eigenvalue weighted by atomic mass is 16.7. The number of hydrogen-bond donors (Lipinski definition) is 8. The van der Waals surface area contributed by atoms with E-state index in [4.69, 9.17) is 32.4 Å². The van der Waals surface area contributed by atoms with Gasteiger partial charge in [-0.2, -0.15) is 0 Å². The van der Waals surface area contributed by atoms with Crippen molar-refractivity contribution in [3.63, 3.8) is 0 Å². The number of aromatic nitrogens is 1. The molecule has 7 atom stereocenters. The summed E-state index contributed by atoms with van der Waals surface area (Å²) in [5, 5.41) is 75.7. The lowest BCUT2D eigenvalue weighted by Crippen LogP contribution is -2.69. The number of rotatable bonds is 31. The second kappa shape index (κ2) is 28.1. The fourth-order valence-electron chi connectivity index (χ4n) is 15.6. The second-order valence-corrected chi connectivity index (χ2v) is 28.6. The minimum Gasteiger partial charge on any atom is -0.501 e. The number of ether oxygens (including phenoxy) is 3. The Bertz CT molecular complexity index is 2880. The number of anilines is 1. The summed E-state index contributed by atoms with van der Waals surface area (Å²) in [6.45, 7) is 42.9. The van der Waals surface area contributed by atoms with Crippen LogP contribution in [0.15, 0.2) is 83.8 Å². The minimum absolute atomic E-state index is 0.0107. The van der Waals surface area contributed by atoms with E-state index in [2.05, 4.69) is 94.1 Å². The fourth-order valence-corrected chi connectivity index (χ4v) is 15.6. The van der Waals surface area contributed by atoms with Gasteiger partial charge in [-0.25, -0.2) is 10.4 Å². The van der Waals surface area contributed by atoms with Crippen molar-refractivity contribution in [2.45, 2.75) is 193 Å². The van der Waals surface area contributed by atoms with Gasteiger partial charge in [0.2, 0.25) is 0 Å². The van der Waals surface area contributed by atoms with Gasteiger partial charge < -0.3 is 65.0 Å². The molecule has 0 bridgehead atoms. The van der Waals surface area contributed by atoms with Gasteiger partial charge in [-0.3, -0.25) is 19.3 Å². The summed E-state index contributed by atoms with van der Waals surface area (Å²) >= 11 is 0. The summed E-state index contributed by atoms with van der Waals surface area (Å²) < 4.78 is 18.4. The standard InChI is InChI=1S/C69H110N10O9/c1-14-28-75(54-21-16-22-54)43-66(12)25-19-29-77(66)62(47(3)4)50(7)71-61(51(8)78-30-17-20-49(6)72-78)63(76-44-67(45-76)26-18-27-67)48(5)42-74(31-34-80)55-23-24-60-57(39-55)58(40-65(10,11)46-87-15-2)64(79(60)68(81,82)69(83,84)85)53-37-56(73-32-35-88-36-33-73)41-70-59(38-53)52(9)86-13/h15,23-24,37,39,41,47-49,52,54,61-63,71-72,80-85H,2,7-8,14,16-22,25-36,40,42-46H2,1,3-6,9-13H3. The van der Waals surface area contributed by atoms with Gasteiger partial charge in [0.25, 0.3) is 0 Å². The molecule has 19 nitrogen and oxygen atoms in total. The molecule has 1 spiro atoms. The highest BCUT2D eigenvalue weighted by Crippen LogP contribution is 2.51. The highest BCUT2D eigenvalue weighted by Gasteiger charge is 2.54. The first-order chi connectivity index (χ1) is 41.8. The summed E-state index contributed by atoms with van der Waals surface area (Å²) in [4.78, 5) is 17.5. The number of allylic oxidation sites excluding steroid dienone is 2. The van der Waals surface area contributed by atoms with Crippen molar-refractivity contribution in [1.29, 1.82) is 0 Å². The van der Waals surface area contributed by atoms with Crippen LogP contribution in [0.3, 0.4) is 0 Å². The SMILES string of the molecule is C=COCC(C)(C)Cc1c(C2=C=C(C(C)OC)N=CC(N3CCOCC3)=C2)n(C(O)(O)C(O)(O)O)c2ccc(N(CCO)CC(C)C(C(NC(=C)C(C(C)C)N3CCCC3(C)CN(CCC)C3CCC3)C(=C)N3CCCC(C)N3)N3CC4(CCC4)C3)cc12. The molecule has 7 unspecified atom stereocenters. The molecule has 6 heterocycles. The molecule has 5 aliphatic heterocycles. The van der Waals surface area contributed by atoms with Crippen LogP contribution in [-0.4, -0.2) is 213 Å².